The van der Waals surface area contributed by atoms with Crippen LogP contribution in [-0.2, 0) is 15.9 Å². The summed E-state index contributed by atoms with van der Waals surface area (Å²) in [6, 6.07) is 8.15. The Bertz CT molecular complexity index is 332. The maximum atomic E-state index is 9.99. The summed E-state index contributed by atoms with van der Waals surface area (Å²) in [5, 5.41) is 9.99. The lowest BCUT2D eigenvalue weighted by atomic mass is 10.0. The van der Waals surface area contributed by atoms with Gasteiger partial charge in [0.2, 0.25) is 0 Å². The van der Waals surface area contributed by atoms with Crippen LogP contribution in [0.25, 0.3) is 0 Å². The van der Waals surface area contributed by atoms with Crippen LogP contribution in [0.3, 0.4) is 0 Å². The highest BCUT2D eigenvalue weighted by Crippen LogP contribution is 2.16. The highest BCUT2D eigenvalue weighted by molar-refractivity contribution is 5.24. The first kappa shape index (κ1) is 16.2. The highest BCUT2D eigenvalue weighted by atomic mass is 16.5. The molecule has 3 heteroatoms. The molecule has 0 spiro atoms. The Balaban J connectivity index is 2.33. The van der Waals surface area contributed by atoms with Gasteiger partial charge in [0.25, 0.3) is 0 Å². The van der Waals surface area contributed by atoms with E-state index in [2.05, 4.69) is 26.0 Å². The van der Waals surface area contributed by atoms with E-state index in [4.69, 9.17) is 9.47 Å². The van der Waals surface area contributed by atoms with Crippen LogP contribution in [-0.4, -0.2) is 32.0 Å². The molecule has 0 fully saturated rings. The summed E-state index contributed by atoms with van der Waals surface area (Å²) in [6.07, 6.45) is 1.39. The quantitative estimate of drug-likeness (QED) is 0.698. The number of methoxy groups -OCH3 is 1. The maximum Gasteiger partial charge on any atom is 0.102 e. The Morgan fingerprint density at radius 1 is 1.11 bits per heavy atom. The third-order valence-electron chi connectivity index (χ3n) is 2.92. The van der Waals surface area contributed by atoms with Crippen LogP contribution < -0.4 is 0 Å². The van der Waals surface area contributed by atoms with Crippen molar-refractivity contribution >= 4 is 0 Å². The number of ether oxygens (including phenoxy) is 2. The fourth-order valence-electron chi connectivity index (χ4n) is 1.94. The van der Waals surface area contributed by atoms with Crippen LogP contribution >= 0.6 is 0 Å². The minimum atomic E-state index is -0.546. The second-order valence-electron chi connectivity index (χ2n) is 5.28. The average molecular weight is 266 g/mol. The zero-order chi connectivity index (χ0) is 14.1. The van der Waals surface area contributed by atoms with E-state index in [1.165, 1.54) is 5.56 Å². The molecule has 0 radical (unpaired) electrons. The summed E-state index contributed by atoms with van der Waals surface area (Å²) in [5.74, 6) is 0.653. The third kappa shape index (κ3) is 6.71. The van der Waals surface area contributed by atoms with Crippen molar-refractivity contribution < 1.29 is 14.6 Å². The number of rotatable bonds is 9. The minimum Gasteiger partial charge on any atom is -0.386 e. The Morgan fingerprint density at radius 2 is 1.79 bits per heavy atom. The summed E-state index contributed by atoms with van der Waals surface area (Å²) < 4.78 is 10.4. The molecular formula is C16H26O3. The number of benzene rings is 1. The number of aliphatic hydroxyl groups excluding tert-OH is 1. The summed E-state index contributed by atoms with van der Waals surface area (Å²) in [4.78, 5) is 0. The lowest BCUT2D eigenvalue weighted by molar-refractivity contribution is 0.0279. The molecule has 0 aliphatic heterocycles. The first-order valence-corrected chi connectivity index (χ1v) is 6.97. The van der Waals surface area contributed by atoms with Gasteiger partial charge in [-0.1, -0.05) is 38.1 Å². The van der Waals surface area contributed by atoms with E-state index in [0.29, 0.717) is 25.7 Å². The van der Waals surface area contributed by atoms with Crippen LogP contribution in [0.1, 0.15) is 37.5 Å². The van der Waals surface area contributed by atoms with E-state index in [9.17, 15) is 5.11 Å². The summed E-state index contributed by atoms with van der Waals surface area (Å²) in [7, 11) is 1.67. The van der Waals surface area contributed by atoms with E-state index in [1.807, 2.05) is 12.1 Å². The molecule has 1 aromatic rings. The maximum absolute atomic E-state index is 9.99. The Morgan fingerprint density at radius 3 is 2.37 bits per heavy atom. The first-order valence-electron chi connectivity index (χ1n) is 6.97. The van der Waals surface area contributed by atoms with Gasteiger partial charge in [-0.05, 0) is 29.9 Å². The van der Waals surface area contributed by atoms with E-state index < -0.39 is 6.10 Å². The Hall–Kier alpha value is -0.900. The van der Waals surface area contributed by atoms with Crippen molar-refractivity contribution in [2.24, 2.45) is 5.92 Å². The Labute approximate surface area is 116 Å². The first-order chi connectivity index (χ1) is 9.13. The second kappa shape index (κ2) is 9.08. The lowest BCUT2D eigenvalue weighted by Gasteiger charge is -2.13. The fraction of sp³-hybridized carbons (Fsp3) is 0.625. The predicted molar refractivity (Wildman–Crippen MR) is 77.3 cm³/mol. The van der Waals surface area contributed by atoms with Gasteiger partial charge in [0, 0.05) is 20.3 Å². The largest absolute Gasteiger partial charge is 0.386 e. The van der Waals surface area contributed by atoms with Crippen molar-refractivity contribution in [1.82, 2.24) is 0 Å². The summed E-state index contributed by atoms with van der Waals surface area (Å²) in [5.41, 5.74) is 2.23. The van der Waals surface area contributed by atoms with Gasteiger partial charge in [-0.25, -0.2) is 0 Å². The smallest absolute Gasteiger partial charge is 0.102 e. The van der Waals surface area contributed by atoms with Gasteiger partial charge in [-0.15, -0.1) is 0 Å². The van der Waals surface area contributed by atoms with Gasteiger partial charge in [0.05, 0.1) is 6.61 Å². The molecule has 1 aromatic carbocycles. The standard InChI is InChI=1S/C16H26O3/c1-13(2)11-14-5-7-15(8-6-14)16(17)12-19-10-4-9-18-3/h5-8,13,16-17H,4,9-12H2,1-3H3. The lowest BCUT2D eigenvalue weighted by Crippen LogP contribution is -2.09. The minimum absolute atomic E-state index is 0.341. The van der Waals surface area contributed by atoms with Gasteiger partial charge < -0.3 is 14.6 Å². The normalized spacial score (nSPS) is 12.9. The predicted octanol–water partition coefficient (Wildman–Crippen LogP) is 2.97. The van der Waals surface area contributed by atoms with Gasteiger partial charge >= 0.3 is 0 Å². The topological polar surface area (TPSA) is 38.7 Å². The molecule has 0 aromatic heterocycles. The molecule has 1 N–H and O–H groups in total. The molecule has 0 saturated carbocycles. The molecule has 1 rings (SSSR count). The van der Waals surface area contributed by atoms with Gasteiger partial charge in [0.15, 0.2) is 0 Å². The molecule has 0 heterocycles. The molecule has 0 aliphatic rings. The van der Waals surface area contributed by atoms with Crippen molar-refractivity contribution in [3.63, 3.8) is 0 Å². The van der Waals surface area contributed by atoms with Crippen molar-refractivity contribution in [2.75, 3.05) is 26.9 Å². The molecule has 0 aliphatic carbocycles. The summed E-state index contributed by atoms with van der Waals surface area (Å²) in [6.45, 7) is 6.07. The SMILES string of the molecule is COCCCOCC(O)c1ccc(CC(C)C)cc1. The van der Waals surface area contributed by atoms with Crippen molar-refractivity contribution in [3.05, 3.63) is 35.4 Å². The van der Waals surface area contributed by atoms with Gasteiger partial charge in [0.1, 0.15) is 6.10 Å². The van der Waals surface area contributed by atoms with Crippen molar-refractivity contribution in [3.8, 4) is 0 Å². The van der Waals surface area contributed by atoms with Crippen LogP contribution in [0, 0.1) is 5.92 Å². The average Bonchev–Trinajstić information content (AvgIpc) is 2.38. The molecule has 19 heavy (non-hydrogen) atoms. The fourth-order valence-corrected chi connectivity index (χ4v) is 1.94. The number of hydrogen-bond donors (Lipinski definition) is 1. The Kier molecular flexibility index (Phi) is 7.72. The van der Waals surface area contributed by atoms with Gasteiger partial charge in [-0.2, -0.15) is 0 Å². The van der Waals surface area contributed by atoms with Crippen LogP contribution in [0.2, 0.25) is 0 Å². The van der Waals surface area contributed by atoms with Gasteiger partial charge in [-0.3, -0.25) is 0 Å². The highest BCUT2D eigenvalue weighted by Gasteiger charge is 2.07. The molecular weight excluding hydrogens is 240 g/mol. The van der Waals surface area contributed by atoms with E-state index >= 15 is 0 Å². The van der Waals surface area contributed by atoms with Crippen molar-refractivity contribution in [2.45, 2.75) is 32.8 Å². The third-order valence-corrected chi connectivity index (χ3v) is 2.92. The number of hydrogen-bond acceptors (Lipinski definition) is 3. The van der Waals surface area contributed by atoms with Crippen LogP contribution in [0.15, 0.2) is 24.3 Å². The molecule has 0 bridgehead atoms. The molecule has 108 valence electrons. The second-order valence-corrected chi connectivity index (χ2v) is 5.28. The molecule has 0 saturated heterocycles. The van der Waals surface area contributed by atoms with Crippen LogP contribution in [0.5, 0.6) is 0 Å². The molecule has 3 nitrogen and oxygen atoms in total. The zero-order valence-corrected chi connectivity index (χ0v) is 12.3. The zero-order valence-electron chi connectivity index (χ0n) is 12.3. The van der Waals surface area contributed by atoms with E-state index in [1.54, 1.807) is 7.11 Å². The van der Waals surface area contributed by atoms with Crippen LogP contribution in [0.4, 0.5) is 0 Å². The molecule has 1 atom stereocenters. The van der Waals surface area contributed by atoms with E-state index in [0.717, 1.165) is 18.4 Å². The van der Waals surface area contributed by atoms with E-state index in [-0.39, 0.29) is 0 Å². The molecule has 1 unspecified atom stereocenters. The summed E-state index contributed by atoms with van der Waals surface area (Å²) >= 11 is 0. The van der Waals surface area contributed by atoms with Crippen molar-refractivity contribution in [1.29, 1.82) is 0 Å². The molecule has 0 amide bonds. The monoisotopic (exact) mass is 266 g/mol. The number of aliphatic hydroxyl groups is 1.